The Bertz CT molecular complexity index is 2170. The van der Waals surface area contributed by atoms with Gasteiger partial charge in [0.2, 0.25) is 5.69 Å². The number of nitrogens with zero attached hydrogens (tertiary/aromatic N) is 4. The molecular formula is C38H22N4. The summed E-state index contributed by atoms with van der Waals surface area (Å²) < 4.78 is 4.36. The first-order valence-electron chi connectivity index (χ1n) is 13.8. The Morgan fingerprint density at radius 3 is 1.36 bits per heavy atom. The molecule has 0 N–H and O–H groups in total. The van der Waals surface area contributed by atoms with Crippen molar-refractivity contribution in [3.63, 3.8) is 0 Å². The summed E-state index contributed by atoms with van der Waals surface area (Å²) in [7, 11) is 0. The number of fused-ring (bicyclic) bond motifs is 6. The number of para-hydroxylation sites is 4. The third kappa shape index (κ3) is 3.27. The lowest BCUT2D eigenvalue weighted by Crippen LogP contribution is -2.04. The predicted octanol–water partition coefficient (Wildman–Crippen LogP) is 9.97. The van der Waals surface area contributed by atoms with Crippen LogP contribution in [0.25, 0.3) is 71.0 Å². The molecule has 0 aliphatic heterocycles. The average Bonchev–Trinajstić information content (AvgIpc) is 3.57. The zero-order chi connectivity index (χ0) is 28.2. The van der Waals surface area contributed by atoms with Gasteiger partial charge < -0.3 is 9.13 Å². The van der Waals surface area contributed by atoms with Gasteiger partial charge in [0, 0.05) is 27.1 Å². The van der Waals surface area contributed by atoms with E-state index in [1.807, 2.05) is 84.9 Å². The lowest BCUT2D eigenvalue weighted by atomic mass is 9.95. The molecule has 0 saturated carbocycles. The molecule has 0 bridgehead atoms. The molecule has 0 fully saturated rings. The molecule has 4 nitrogen and oxygen atoms in total. The van der Waals surface area contributed by atoms with E-state index >= 15 is 0 Å². The van der Waals surface area contributed by atoms with E-state index in [-0.39, 0.29) is 0 Å². The van der Waals surface area contributed by atoms with Gasteiger partial charge in [0.15, 0.2) is 0 Å². The van der Waals surface area contributed by atoms with E-state index in [1.54, 1.807) is 0 Å². The fourth-order valence-corrected chi connectivity index (χ4v) is 6.47. The van der Waals surface area contributed by atoms with Gasteiger partial charge in [-0.1, -0.05) is 103 Å². The summed E-state index contributed by atoms with van der Waals surface area (Å²) >= 11 is 0. The van der Waals surface area contributed by atoms with Crippen LogP contribution in [-0.2, 0) is 0 Å². The highest BCUT2D eigenvalue weighted by molar-refractivity contribution is 6.12. The Labute approximate surface area is 242 Å². The molecule has 6 aromatic carbocycles. The Hall–Kier alpha value is -6.10. The molecule has 0 unspecified atom stereocenters. The largest absolute Gasteiger partial charge is 0.319 e. The van der Waals surface area contributed by atoms with Crippen LogP contribution in [0.1, 0.15) is 5.56 Å². The van der Waals surface area contributed by atoms with E-state index < -0.39 is 0 Å². The van der Waals surface area contributed by atoms with Gasteiger partial charge in [-0.15, -0.1) is 0 Å². The molecule has 0 radical (unpaired) electrons. The van der Waals surface area contributed by atoms with Gasteiger partial charge in [-0.3, -0.25) is 0 Å². The minimum absolute atomic E-state index is 0.453. The minimum Gasteiger partial charge on any atom is -0.319 e. The van der Waals surface area contributed by atoms with Crippen molar-refractivity contribution in [2.45, 2.75) is 0 Å². The molecule has 2 aromatic heterocycles. The fraction of sp³-hybridized carbons (Fsp3) is 0. The van der Waals surface area contributed by atoms with Crippen molar-refractivity contribution in [2.24, 2.45) is 0 Å². The van der Waals surface area contributed by atoms with Crippen LogP contribution in [-0.4, -0.2) is 9.13 Å². The SMILES string of the molecule is [C-]#[N+]c1c(-n2c3ccccc3c3ccccc32)cc(-n2c3ccccc3c3ccccc32)c(C#N)c1-c1ccccc1. The zero-order valence-corrected chi connectivity index (χ0v) is 22.5. The number of aromatic nitrogens is 2. The molecule has 0 saturated heterocycles. The first-order chi connectivity index (χ1) is 20.8. The Morgan fingerprint density at radius 1 is 0.524 bits per heavy atom. The van der Waals surface area contributed by atoms with Crippen molar-refractivity contribution in [1.82, 2.24) is 9.13 Å². The molecule has 0 atom stereocenters. The highest BCUT2D eigenvalue weighted by Gasteiger charge is 2.25. The molecule has 0 amide bonds. The van der Waals surface area contributed by atoms with Crippen LogP contribution >= 0.6 is 0 Å². The van der Waals surface area contributed by atoms with Crippen LogP contribution in [0.5, 0.6) is 0 Å². The van der Waals surface area contributed by atoms with Crippen LogP contribution in [0.15, 0.2) is 133 Å². The number of nitriles is 1. The molecule has 2 heterocycles. The van der Waals surface area contributed by atoms with Gasteiger partial charge in [-0.05, 0) is 35.9 Å². The van der Waals surface area contributed by atoms with E-state index in [0.717, 1.165) is 60.5 Å². The smallest absolute Gasteiger partial charge is 0.219 e. The highest BCUT2D eigenvalue weighted by Crippen LogP contribution is 2.46. The van der Waals surface area contributed by atoms with Gasteiger partial charge in [0.25, 0.3) is 0 Å². The van der Waals surface area contributed by atoms with Crippen LogP contribution in [0, 0.1) is 17.9 Å². The first kappa shape index (κ1) is 23.8. The topological polar surface area (TPSA) is 38.0 Å². The molecule has 42 heavy (non-hydrogen) atoms. The lowest BCUT2D eigenvalue weighted by Gasteiger charge is -2.20. The summed E-state index contributed by atoms with van der Waals surface area (Å²) in [6.45, 7) is 8.47. The Morgan fingerprint density at radius 2 is 0.929 bits per heavy atom. The highest BCUT2D eigenvalue weighted by atomic mass is 15.0. The standard InChI is InChI=1S/C38H22N4/c1-40-38-36(42-33-21-11-7-17-28(33)29-18-8-12-22-34(29)42)23-35(30(24-39)37(38)25-13-3-2-4-14-25)41-31-19-9-5-15-26(31)27-16-6-10-20-32(27)41/h2-23H. The Kier molecular flexibility index (Phi) is 5.22. The van der Waals surface area contributed by atoms with Crippen molar-refractivity contribution in [3.05, 3.63) is 150 Å². The zero-order valence-electron chi connectivity index (χ0n) is 22.5. The van der Waals surface area contributed by atoms with Crippen molar-refractivity contribution < 1.29 is 0 Å². The van der Waals surface area contributed by atoms with E-state index in [4.69, 9.17) is 6.57 Å². The third-order valence-corrected chi connectivity index (χ3v) is 8.19. The number of hydrogen-bond acceptors (Lipinski definition) is 1. The van der Waals surface area contributed by atoms with Gasteiger partial charge in [0.05, 0.1) is 45.6 Å². The predicted molar refractivity (Wildman–Crippen MR) is 172 cm³/mol. The van der Waals surface area contributed by atoms with E-state index in [0.29, 0.717) is 16.8 Å². The van der Waals surface area contributed by atoms with Gasteiger partial charge >= 0.3 is 0 Å². The van der Waals surface area contributed by atoms with Gasteiger partial charge in [-0.25, -0.2) is 4.85 Å². The normalized spacial score (nSPS) is 11.3. The molecule has 194 valence electrons. The van der Waals surface area contributed by atoms with E-state index in [1.165, 1.54) is 0 Å². The third-order valence-electron chi connectivity index (χ3n) is 8.19. The summed E-state index contributed by atoms with van der Waals surface area (Å²) in [4.78, 5) is 4.14. The summed E-state index contributed by atoms with van der Waals surface area (Å²) in [5, 5.41) is 15.3. The van der Waals surface area contributed by atoms with Crippen molar-refractivity contribution in [3.8, 4) is 28.6 Å². The summed E-state index contributed by atoms with van der Waals surface area (Å²) in [6, 6.07) is 47.6. The average molecular weight is 535 g/mol. The number of hydrogen-bond donors (Lipinski definition) is 0. The van der Waals surface area contributed by atoms with Crippen molar-refractivity contribution in [2.75, 3.05) is 0 Å². The number of benzene rings is 6. The molecular weight excluding hydrogens is 512 g/mol. The first-order valence-corrected chi connectivity index (χ1v) is 13.8. The summed E-state index contributed by atoms with van der Waals surface area (Å²) in [5.41, 5.74) is 7.96. The van der Waals surface area contributed by atoms with Crippen LogP contribution in [0.2, 0.25) is 0 Å². The molecule has 8 aromatic rings. The monoisotopic (exact) mass is 534 g/mol. The molecule has 4 heteroatoms. The van der Waals surface area contributed by atoms with Crippen molar-refractivity contribution >= 4 is 49.3 Å². The molecule has 0 aliphatic carbocycles. The van der Waals surface area contributed by atoms with E-state index in [9.17, 15) is 5.26 Å². The minimum atomic E-state index is 0.453. The molecule has 0 spiro atoms. The molecule has 0 aliphatic rings. The summed E-state index contributed by atoms with van der Waals surface area (Å²) in [5.74, 6) is 0. The fourth-order valence-electron chi connectivity index (χ4n) is 6.47. The maximum Gasteiger partial charge on any atom is 0.219 e. The maximum absolute atomic E-state index is 10.8. The second kappa shape index (κ2) is 9.24. The van der Waals surface area contributed by atoms with Crippen LogP contribution in [0.4, 0.5) is 5.69 Å². The maximum atomic E-state index is 10.8. The lowest BCUT2D eigenvalue weighted by molar-refractivity contribution is 1.13. The van der Waals surface area contributed by atoms with Gasteiger partial charge in [-0.2, -0.15) is 5.26 Å². The second-order valence-electron chi connectivity index (χ2n) is 10.3. The summed E-state index contributed by atoms with van der Waals surface area (Å²) in [6.07, 6.45) is 0. The van der Waals surface area contributed by atoms with Crippen LogP contribution in [0.3, 0.4) is 0 Å². The van der Waals surface area contributed by atoms with E-state index in [2.05, 4.69) is 68.6 Å². The van der Waals surface area contributed by atoms with Gasteiger partial charge in [0.1, 0.15) is 6.07 Å². The van der Waals surface area contributed by atoms with Crippen LogP contribution < -0.4 is 0 Å². The quantitative estimate of drug-likeness (QED) is 0.208. The second-order valence-corrected chi connectivity index (χ2v) is 10.3. The number of rotatable bonds is 3. The van der Waals surface area contributed by atoms with Crippen molar-refractivity contribution in [1.29, 1.82) is 5.26 Å². The Balaban J connectivity index is 1.62. The molecule has 8 rings (SSSR count).